The monoisotopic (exact) mass is 284 g/mol. The molecule has 3 heteroatoms. The standard InChI is InChI=1S/C18H20O3/c1-12-8-9-13(2)16(10-12)18(20)14(3)21-17-7-5-4-6-15(17)11-19/h4-10,14,19H,11H2,1-3H3. The average molecular weight is 284 g/mol. The van der Waals surface area contributed by atoms with Crippen molar-refractivity contribution in [1.29, 1.82) is 0 Å². The molecule has 0 heterocycles. The van der Waals surface area contributed by atoms with Gasteiger partial charge in [-0.05, 0) is 38.5 Å². The first-order valence-electron chi connectivity index (χ1n) is 7.00. The van der Waals surface area contributed by atoms with Gasteiger partial charge in [-0.3, -0.25) is 4.79 Å². The zero-order valence-corrected chi connectivity index (χ0v) is 12.6. The molecule has 2 aromatic rings. The molecule has 0 spiro atoms. The molecule has 0 aliphatic heterocycles. The van der Waals surface area contributed by atoms with Crippen molar-refractivity contribution in [1.82, 2.24) is 0 Å². The maximum Gasteiger partial charge on any atom is 0.203 e. The molecule has 0 saturated heterocycles. The highest BCUT2D eigenvalue weighted by molar-refractivity contribution is 6.00. The molecule has 0 fully saturated rings. The van der Waals surface area contributed by atoms with Crippen LogP contribution in [-0.4, -0.2) is 17.0 Å². The number of ketones is 1. The SMILES string of the molecule is Cc1ccc(C)c(C(=O)C(C)Oc2ccccc2CO)c1. The van der Waals surface area contributed by atoms with Crippen molar-refractivity contribution >= 4 is 5.78 Å². The quantitative estimate of drug-likeness (QED) is 0.855. The number of carbonyl (C=O) groups excluding carboxylic acids is 1. The van der Waals surface area contributed by atoms with E-state index < -0.39 is 6.10 Å². The van der Waals surface area contributed by atoms with Crippen LogP contribution in [0.3, 0.4) is 0 Å². The lowest BCUT2D eigenvalue weighted by molar-refractivity contribution is 0.0813. The van der Waals surface area contributed by atoms with Crippen LogP contribution in [0, 0.1) is 13.8 Å². The zero-order valence-electron chi connectivity index (χ0n) is 12.6. The Morgan fingerprint density at radius 1 is 1.19 bits per heavy atom. The summed E-state index contributed by atoms with van der Waals surface area (Å²) in [7, 11) is 0. The first-order chi connectivity index (χ1) is 10.0. The second-order valence-corrected chi connectivity index (χ2v) is 5.21. The molecular formula is C18H20O3. The van der Waals surface area contributed by atoms with Crippen molar-refractivity contribution in [2.24, 2.45) is 0 Å². The number of aliphatic hydroxyl groups is 1. The zero-order chi connectivity index (χ0) is 15.4. The number of benzene rings is 2. The van der Waals surface area contributed by atoms with Crippen molar-refractivity contribution in [2.75, 3.05) is 0 Å². The molecule has 2 rings (SSSR count). The first kappa shape index (κ1) is 15.3. The summed E-state index contributed by atoms with van der Waals surface area (Å²) in [6.45, 7) is 5.50. The lowest BCUT2D eigenvalue weighted by atomic mass is 9.99. The van der Waals surface area contributed by atoms with Gasteiger partial charge in [0.05, 0.1) is 6.61 Å². The van der Waals surface area contributed by atoms with Crippen molar-refractivity contribution in [3.05, 3.63) is 64.7 Å². The molecule has 0 aliphatic carbocycles. The van der Waals surface area contributed by atoms with E-state index in [1.54, 1.807) is 19.1 Å². The van der Waals surface area contributed by atoms with Crippen LogP contribution in [0.25, 0.3) is 0 Å². The topological polar surface area (TPSA) is 46.5 Å². The molecule has 1 unspecified atom stereocenters. The van der Waals surface area contributed by atoms with Crippen molar-refractivity contribution in [3.63, 3.8) is 0 Å². The maximum absolute atomic E-state index is 12.5. The number of hydrogen-bond donors (Lipinski definition) is 1. The Morgan fingerprint density at radius 3 is 2.62 bits per heavy atom. The number of carbonyl (C=O) groups is 1. The molecule has 1 atom stereocenters. The van der Waals surface area contributed by atoms with Gasteiger partial charge in [0.25, 0.3) is 0 Å². The van der Waals surface area contributed by atoms with Gasteiger partial charge in [0.1, 0.15) is 5.75 Å². The average Bonchev–Trinajstić information content (AvgIpc) is 2.49. The van der Waals surface area contributed by atoms with Crippen molar-refractivity contribution < 1.29 is 14.6 Å². The fourth-order valence-corrected chi connectivity index (χ4v) is 2.21. The fraction of sp³-hybridized carbons (Fsp3) is 0.278. The van der Waals surface area contributed by atoms with Crippen molar-refractivity contribution in [3.8, 4) is 5.75 Å². The van der Waals surface area contributed by atoms with Gasteiger partial charge in [-0.1, -0.05) is 35.9 Å². The molecule has 2 aromatic carbocycles. The van der Waals surface area contributed by atoms with Gasteiger partial charge in [0.15, 0.2) is 6.10 Å². The third kappa shape index (κ3) is 3.50. The van der Waals surface area contributed by atoms with Gasteiger partial charge in [0.2, 0.25) is 5.78 Å². The Morgan fingerprint density at radius 2 is 1.90 bits per heavy atom. The number of rotatable bonds is 5. The largest absolute Gasteiger partial charge is 0.482 e. The van der Waals surface area contributed by atoms with E-state index in [0.717, 1.165) is 11.1 Å². The van der Waals surface area contributed by atoms with Crippen LogP contribution < -0.4 is 4.74 Å². The van der Waals surface area contributed by atoms with Crippen LogP contribution in [0.5, 0.6) is 5.75 Å². The maximum atomic E-state index is 12.5. The molecule has 0 bridgehead atoms. The lowest BCUT2D eigenvalue weighted by Crippen LogP contribution is -2.25. The van der Waals surface area contributed by atoms with E-state index >= 15 is 0 Å². The Hall–Kier alpha value is -2.13. The minimum absolute atomic E-state index is 0.0519. The number of para-hydroxylation sites is 1. The molecule has 0 radical (unpaired) electrons. The summed E-state index contributed by atoms with van der Waals surface area (Å²) < 4.78 is 5.74. The molecule has 21 heavy (non-hydrogen) atoms. The van der Waals surface area contributed by atoms with Crippen LogP contribution in [0.1, 0.15) is 34.0 Å². The minimum Gasteiger partial charge on any atom is -0.482 e. The van der Waals surface area contributed by atoms with Crippen LogP contribution in [0.4, 0.5) is 0 Å². The number of aryl methyl sites for hydroxylation is 2. The third-order valence-corrected chi connectivity index (χ3v) is 3.47. The van der Waals surface area contributed by atoms with Crippen LogP contribution in [0.15, 0.2) is 42.5 Å². The van der Waals surface area contributed by atoms with Gasteiger partial charge < -0.3 is 9.84 Å². The first-order valence-corrected chi connectivity index (χ1v) is 7.00. The predicted octanol–water partition coefficient (Wildman–Crippen LogP) is 3.45. The van der Waals surface area contributed by atoms with E-state index in [0.29, 0.717) is 16.9 Å². The summed E-state index contributed by atoms with van der Waals surface area (Å²) >= 11 is 0. The predicted molar refractivity (Wildman–Crippen MR) is 82.7 cm³/mol. The van der Waals surface area contributed by atoms with Crippen LogP contribution >= 0.6 is 0 Å². The Balaban J connectivity index is 2.22. The second kappa shape index (κ2) is 6.55. The second-order valence-electron chi connectivity index (χ2n) is 5.21. The van der Waals surface area contributed by atoms with Gasteiger partial charge >= 0.3 is 0 Å². The van der Waals surface area contributed by atoms with Gasteiger partial charge in [0, 0.05) is 11.1 Å². The molecule has 1 N–H and O–H groups in total. The molecule has 0 aliphatic rings. The summed E-state index contributed by atoms with van der Waals surface area (Å²) in [6.07, 6.45) is -0.599. The highest BCUT2D eigenvalue weighted by Crippen LogP contribution is 2.21. The van der Waals surface area contributed by atoms with Crippen LogP contribution in [-0.2, 0) is 6.61 Å². The summed E-state index contributed by atoms with van der Waals surface area (Å²) in [6, 6.07) is 13.0. The molecule has 110 valence electrons. The number of Topliss-reactive ketones (excluding diaryl/α,β-unsaturated/α-hetero) is 1. The van der Waals surface area contributed by atoms with E-state index in [-0.39, 0.29) is 12.4 Å². The van der Waals surface area contributed by atoms with Gasteiger partial charge in [-0.25, -0.2) is 0 Å². The highest BCUT2D eigenvalue weighted by atomic mass is 16.5. The van der Waals surface area contributed by atoms with E-state index in [1.807, 2.05) is 44.2 Å². The highest BCUT2D eigenvalue weighted by Gasteiger charge is 2.19. The Labute approximate surface area is 125 Å². The summed E-state index contributed by atoms with van der Waals surface area (Å²) in [5.41, 5.74) is 3.35. The number of hydrogen-bond acceptors (Lipinski definition) is 3. The normalized spacial score (nSPS) is 12.0. The van der Waals surface area contributed by atoms with E-state index in [1.165, 1.54) is 0 Å². The summed E-state index contributed by atoms with van der Waals surface area (Å²) in [5.74, 6) is 0.495. The van der Waals surface area contributed by atoms with Crippen molar-refractivity contribution in [2.45, 2.75) is 33.5 Å². The summed E-state index contributed by atoms with van der Waals surface area (Å²) in [4.78, 5) is 12.5. The fourth-order valence-electron chi connectivity index (χ4n) is 2.21. The Kier molecular flexibility index (Phi) is 4.76. The molecular weight excluding hydrogens is 264 g/mol. The summed E-state index contributed by atoms with van der Waals surface area (Å²) in [5, 5.41) is 9.30. The molecule has 0 aromatic heterocycles. The molecule has 0 amide bonds. The number of ether oxygens (including phenoxy) is 1. The minimum atomic E-state index is -0.599. The van der Waals surface area contributed by atoms with E-state index in [2.05, 4.69) is 0 Å². The van der Waals surface area contributed by atoms with E-state index in [9.17, 15) is 9.90 Å². The number of aliphatic hydroxyl groups excluding tert-OH is 1. The van der Waals surface area contributed by atoms with Crippen LogP contribution in [0.2, 0.25) is 0 Å². The van der Waals surface area contributed by atoms with Gasteiger partial charge in [-0.2, -0.15) is 0 Å². The van der Waals surface area contributed by atoms with E-state index in [4.69, 9.17) is 4.74 Å². The third-order valence-electron chi connectivity index (χ3n) is 3.47. The smallest absolute Gasteiger partial charge is 0.203 e. The Bertz CT molecular complexity index is 647. The lowest BCUT2D eigenvalue weighted by Gasteiger charge is -2.17. The molecule has 3 nitrogen and oxygen atoms in total. The van der Waals surface area contributed by atoms with Gasteiger partial charge in [-0.15, -0.1) is 0 Å². The molecule has 0 saturated carbocycles.